The van der Waals surface area contributed by atoms with E-state index in [0.29, 0.717) is 17.3 Å². The maximum atomic E-state index is 11.9. The minimum atomic E-state index is -1.22. The number of halogens is 1. The van der Waals surface area contributed by atoms with E-state index < -0.39 is 12.0 Å². The van der Waals surface area contributed by atoms with Crippen LogP contribution in [0.4, 0.5) is 5.69 Å². The molecule has 1 aromatic carbocycles. The second-order valence-electron chi connectivity index (χ2n) is 5.22. The minimum Gasteiger partial charge on any atom is -0.544 e. The predicted molar refractivity (Wildman–Crippen MR) is 82.4 cm³/mol. The van der Waals surface area contributed by atoms with Gasteiger partial charge in [0.2, 0.25) is 5.91 Å². The fourth-order valence-corrected chi connectivity index (χ4v) is 2.17. The Bertz CT molecular complexity index is 523. The number of aliphatic carboxylic acids is 1. The number of aryl methyl sites for hydroxylation is 1. The van der Waals surface area contributed by atoms with Gasteiger partial charge >= 0.3 is 0 Å². The Morgan fingerprint density at radius 2 is 2.09 bits per heavy atom. The van der Waals surface area contributed by atoms with Gasteiger partial charge in [0.25, 0.3) is 0 Å². The molecule has 0 fully saturated rings. The topological polar surface area (TPSA) is 102 Å². The number of carboxylic acids is 1. The summed E-state index contributed by atoms with van der Waals surface area (Å²) >= 11 is 5.99. The third-order valence-electron chi connectivity index (χ3n) is 3.31. The van der Waals surface area contributed by atoms with Gasteiger partial charge in [-0.25, -0.2) is 0 Å². The molecule has 0 unspecified atom stereocenters. The Kier molecular flexibility index (Phi) is 7.87. The molecule has 122 valence electrons. The van der Waals surface area contributed by atoms with E-state index >= 15 is 0 Å². The fraction of sp³-hybridized carbons (Fsp3) is 0.467. The molecular formula is C15H23ClN3O3+. The van der Waals surface area contributed by atoms with Gasteiger partial charge in [-0.1, -0.05) is 17.7 Å². The summed E-state index contributed by atoms with van der Waals surface area (Å²) in [6, 6.07) is 4.29. The first-order valence-corrected chi connectivity index (χ1v) is 7.70. The van der Waals surface area contributed by atoms with Crippen molar-refractivity contribution < 1.29 is 25.3 Å². The maximum absolute atomic E-state index is 11.9. The van der Waals surface area contributed by atoms with Gasteiger partial charge < -0.3 is 25.9 Å². The van der Waals surface area contributed by atoms with E-state index in [1.54, 1.807) is 23.5 Å². The van der Waals surface area contributed by atoms with Gasteiger partial charge in [-0.3, -0.25) is 4.79 Å². The predicted octanol–water partition coefficient (Wildman–Crippen LogP) is -1.76. The highest BCUT2D eigenvalue weighted by Gasteiger charge is 2.18. The van der Waals surface area contributed by atoms with Crippen LogP contribution in [0.2, 0.25) is 5.02 Å². The second kappa shape index (κ2) is 9.40. The molecule has 0 aliphatic heterocycles. The molecule has 1 rings (SSSR count). The van der Waals surface area contributed by atoms with Crippen LogP contribution >= 0.6 is 11.6 Å². The number of carbonyl (C=O) groups is 2. The summed E-state index contributed by atoms with van der Waals surface area (Å²) in [5, 5.41) is 18.0. The molecule has 7 heteroatoms. The number of amides is 1. The summed E-state index contributed by atoms with van der Waals surface area (Å²) in [5.74, 6) is -1.59. The Balaban J connectivity index is 2.52. The van der Waals surface area contributed by atoms with E-state index in [2.05, 4.69) is 5.32 Å². The van der Waals surface area contributed by atoms with Crippen LogP contribution in [0.5, 0.6) is 0 Å². The lowest BCUT2D eigenvalue weighted by molar-refractivity contribution is -0.692. The SMILES string of the molecule is C[NH2+]CCC[NH2+][C@H](CC(=O)Nc1ccc(C)c(Cl)c1)C(=O)[O-]. The Morgan fingerprint density at radius 1 is 1.36 bits per heavy atom. The van der Waals surface area contributed by atoms with Crippen molar-refractivity contribution in [3.8, 4) is 0 Å². The van der Waals surface area contributed by atoms with Crippen molar-refractivity contribution in [1.29, 1.82) is 0 Å². The maximum Gasteiger partial charge on any atom is 0.230 e. The first-order chi connectivity index (χ1) is 10.4. The molecule has 0 radical (unpaired) electrons. The molecule has 22 heavy (non-hydrogen) atoms. The highest BCUT2D eigenvalue weighted by atomic mass is 35.5. The number of nitrogens with one attached hydrogen (secondary N) is 1. The van der Waals surface area contributed by atoms with Crippen LogP contribution in [0.15, 0.2) is 18.2 Å². The number of carbonyl (C=O) groups excluding carboxylic acids is 2. The second-order valence-corrected chi connectivity index (χ2v) is 5.62. The van der Waals surface area contributed by atoms with Gasteiger partial charge in [0, 0.05) is 17.1 Å². The lowest BCUT2D eigenvalue weighted by Gasteiger charge is -2.16. The van der Waals surface area contributed by atoms with Gasteiger partial charge in [-0.05, 0) is 24.6 Å². The van der Waals surface area contributed by atoms with Gasteiger partial charge in [-0.2, -0.15) is 0 Å². The zero-order valence-electron chi connectivity index (χ0n) is 12.9. The normalized spacial score (nSPS) is 12.0. The first-order valence-electron chi connectivity index (χ1n) is 7.32. The number of quaternary nitrogens is 2. The Labute approximate surface area is 135 Å². The molecule has 0 spiro atoms. The van der Waals surface area contributed by atoms with E-state index in [1.807, 2.05) is 19.3 Å². The molecular weight excluding hydrogens is 306 g/mol. The molecule has 1 amide bonds. The number of anilines is 1. The Hall–Kier alpha value is -1.63. The van der Waals surface area contributed by atoms with Crippen molar-refractivity contribution in [2.45, 2.75) is 25.8 Å². The summed E-state index contributed by atoms with van der Waals surface area (Å²) in [6.45, 7) is 3.43. The summed E-state index contributed by atoms with van der Waals surface area (Å²) in [4.78, 5) is 23.0. The van der Waals surface area contributed by atoms with E-state index in [9.17, 15) is 14.7 Å². The van der Waals surface area contributed by atoms with Crippen LogP contribution in [0.3, 0.4) is 0 Å². The van der Waals surface area contributed by atoms with Crippen molar-refractivity contribution in [2.24, 2.45) is 0 Å². The molecule has 0 aliphatic rings. The smallest absolute Gasteiger partial charge is 0.230 e. The lowest BCUT2D eigenvalue weighted by atomic mass is 10.1. The Morgan fingerprint density at radius 3 is 2.68 bits per heavy atom. The van der Waals surface area contributed by atoms with Crippen LogP contribution in [0.1, 0.15) is 18.4 Å². The van der Waals surface area contributed by atoms with Crippen molar-refractivity contribution in [3.05, 3.63) is 28.8 Å². The zero-order chi connectivity index (χ0) is 16.5. The number of nitrogens with two attached hydrogens (primary N) is 2. The molecule has 6 nitrogen and oxygen atoms in total. The standard InChI is InChI=1S/C15H22ClN3O3/c1-10-4-5-11(8-12(10)16)19-14(20)9-13(15(21)22)18-7-3-6-17-2/h4-5,8,13,17-18H,3,6-7,9H2,1-2H3,(H,19,20)(H,21,22)/p+1/t13-/m1/s1. The fourth-order valence-electron chi connectivity index (χ4n) is 1.99. The van der Waals surface area contributed by atoms with Crippen molar-refractivity contribution in [3.63, 3.8) is 0 Å². The van der Waals surface area contributed by atoms with Crippen molar-refractivity contribution >= 4 is 29.2 Å². The van der Waals surface area contributed by atoms with Crippen LogP contribution in [-0.2, 0) is 9.59 Å². The molecule has 0 heterocycles. The lowest BCUT2D eigenvalue weighted by Crippen LogP contribution is -2.94. The van der Waals surface area contributed by atoms with Gasteiger partial charge in [0.05, 0.1) is 32.5 Å². The molecule has 0 aromatic heterocycles. The number of hydrogen-bond acceptors (Lipinski definition) is 3. The average Bonchev–Trinajstić information content (AvgIpc) is 2.46. The van der Waals surface area contributed by atoms with Crippen molar-refractivity contribution in [1.82, 2.24) is 0 Å². The van der Waals surface area contributed by atoms with E-state index in [4.69, 9.17) is 11.6 Å². The third kappa shape index (κ3) is 6.43. The number of hydrogen-bond donors (Lipinski definition) is 3. The van der Waals surface area contributed by atoms with E-state index in [1.165, 1.54) is 0 Å². The third-order valence-corrected chi connectivity index (χ3v) is 3.72. The zero-order valence-corrected chi connectivity index (χ0v) is 13.7. The molecule has 0 aliphatic carbocycles. The minimum absolute atomic E-state index is 0.135. The van der Waals surface area contributed by atoms with Crippen LogP contribution in [0.25, 0.3) is 0 Å². The molecule has 0 saturated heterocycles. The highest BCUT2D eigenvalue weighted by Crippen LogP contribution is 2.19. The average molecular weight is 329 g/mol. The largest absolute Gasteiger partial charge is 0.544 e. The molecule has 0 saturated carbocycles. The van der Waals surface area contributed by atoms with E-state index in [0.717, 1.165) is 18.5 Å². The number of rotatable bonds is 9. The van der Waals surface area contributed by atoms with Crippen LogP contribution in [0, 0.1) is 6.92 Å². The van der Waals surface area contributed by atoms with Gasteiger partial charge in [-0.15, -0.1) is 0 Å². The van der Waals surface area contributed by atoms with E-state index in [-0.39, 0.29) is 12.3 Å². The summed E-state index contributed by atoms with van der Waals surface area (Å²) < 4.78 is 0. The summed E-state index contributed by atoms with van der Waals surface area (Å²) in [6.07, 6.45) is 0.735. The number of carboxylic acid groups (broad SMARTS) is 1. The van der Waals surface area contributed by atoms with Crippen molar-refractivity contribution in [2.75, 3.05) is 25.5 Å². The summed E-state index contributed by atoms with van der Waals surface area (Å²) in [7, 11) is 1.95. The van der Waals surface area contributed by atoms with Gasteiger partial charge in [0.15, 0.2) is 0 Å². The summed E-state index contributed by atoms with van der Waals surface area (Å²) in [5.41, 5.74) is 1.46. The van der Waals surface area contributed by atoms with Crippen LogP contribution in [-0.4, -0.2) is 38.1 Å². The highest BCUT2D eigenvalue weighted by molar-refractivity contribution is 6.31. The number of benzene rings is 1. The molecule has 0 bridgehead atoms. The molecule has 1 aromatic rings. The monoisotopic (exact) mass is 328 g/mol. The van der Waals surface area contributed by atoms with Crippen LogP contribution < -0.4 is 21.1 Å². The molecule has 5 N–H and O–H groups in total. The first kappa shape index (κ1) is 18.4. The van der Waals surface area contributed by atoms with Gasteiger partial charge in [0.1, 0.15) is 6.04 Å². The quantitative estimate of drug-likeness (QED) is 0.468. The molecule has 1 atom stereocenters.